The molecule has 3 heteroatoms. The predicted octanol–water partition coefficient (Wildman–Crippen LogP) is 5.00. The minimum Gasteiger partial charge on any atom is -0.490 e. The van der Waals surface area contributed by atoms with Gasteiger partial charge in [0.05, 0.1) is 0 Å². The molecule has 0 heterocycles. The van der Waals surface area contributed by atoms with Gasteiger partial charge in [-0.2, -0.15) is 0 Å². The van der Waals surface area contributed by atoms with Crippen molar-refractivity contribution in [3.8, 4) is 5.75 Å². The molecule has 19 heavy (non-hydrogen) atoms. The van der Waals surface area contributed by atoms with Crippen molar-refractivity contribution < 1.29 is 9.13 Å². The van der Waals surface area contributed by atoms with Gasteiger partial charge in [0.15, 0.2) is 0 Å². The zero-order valence-corrected chi connectivity index (χ0v) is 12.9. The Kier molecular flexibility index (Phi) is 3.59. The van der Waals surface area contributed by atoms with Gasteiger partial charge in [-0.15, -0.1) is 0 Å². The Balaban J connectivity index is 1.74. The number of halogens is 2. The summed E-state index contributed by atoms with van der Waals surface area (Å²) in [4.78, 5) is 0.570. The van der Waals surface area contributed by atoms with Crippen LogP contribution >= 0.6 is 15.9 Å². The lowest BCUT2D eigenvalue weighted by Gasteiger charge is -2.55. The molecule has 0 aliphatic heterocycles. The van der Waals surface area contributed by atoms with Crippen molar-refractivity contribution in [2.24, 2.45) is 5.41 Å². The van der Waals surface area contributed by atoms with Crippen LogP contribution in [0, 0.1) is 18.2 Å². The fourth-order valence-corrected chi connectivity index (χ4v) is 4.61. The minimum absolute atomic E-state index is 0.176. The van der Waals surface area contributed by atoms with Gasteiger partial charge in [0, 0.05) is 16.3 Å². The smallest absolute Gasteiger partial charge is 0.129 e. The van der Waals surface area contributed by atoms with Crippen molar-refractivity contribution in [1.29, 1.82) is 0 Å². The van der Waals surface area contributed by atoms with Crippen molar-refractivity contribution in [3.05, 3.63) is 29.6 Å². The van der Waals surface area contributed by atoms with E-state index in [9.17, 15) is 4.39 Å². The summed E-state index contributed by atoms with van der Waals surface area (Å²) in [5.41, 5.74) is 0.964. The van der Waals surface area contributed by atoms with E-state index in [2.05, 4.69) is 15.9 Å². The maximum atomic E-state index is 13.6. The van der Waals surface area contributed by atoms with Crippen LogP contribution in [0.5, 0.6) is 5.75 Å². The van der Waals surface area contributed by atoms with Crippen molar-refractivity contribution >= 4 is 15.9 Å². The summed E-state index contributed by atoms with van der Waals surface area (Å²) in [7, 11) is 0. The molecule has 0 N–H and O–H groups in total. The summed E-state index contributed by atoms with van der Waals surface area (Å²) in [6.45, 7) is 1.78. The van der Waals surface area contributed by atoms with Gasteiger partial charge in [-0.05, 0) is 37.8 Å². The predicted molar refractivity (Wildman–Crippen MR) is 78.4 cm³/mol. The lowest BCUT2D eigenvalue weighted by molar-refractivity contribution is -0.0602. The highest BCUT2D eigenvalue weighted by atomic mass is 79.9. The van der Waals surface area contributed by atoms with Gasteiger partial charge >= 0.3 is 0 Å². The van der Waals surface area contributed by atoms with Gasteiger partial charge in [-0.3, -0.25) is 0 Å². The molecule has 0 saturated heterocycles. The number of hydrogen-bond donors (Lipinski definition) is 0. The van der Waals surface area contributed by atoms with E-state index in [1.165, 1.54) is 38.2 Å². The summed E-state index contributed by atoms with van der Waals surface area (Å²) in [6, 6.07) is 5.20. The van der Waals surface area contributed by atoms with Crippen molar-refractivity contribution in [1.82, 2.24) is 0 Å². The molecule has 2 atom stereocenters. The third-order valence-corrected chi connectivity index (χ3v) is 6.18. The van der Waals surface area contributed by atoms with E-state index in [0.717, 1.165) is 6.42 Å². The average molecular weight is 327 g/mol. The molecule has 1 spiro atoms. The van der Waals surface area contributed by atoms with Gasteiger partial charge in [0.2, 0.25) is 0 Å². The molecule has 1 aromatic carbocycles. The first kappa shape index (κ1) is 13.4. The summed E-state index contributed by atoms with van der Waals surface area (Å²) >= 11 is 3.80. The number of benzene rings is 1. The number of hydrogen-bond acceptors (Lipinski definition) is 1. The molecule has 2 aliphatic carbocycles. The largest absolute Gasteiger partial charge is 0.490 e. The zero-order valence-electron chi connectivity index (χ0n) is 11.3. The van der Waals surface area contributed by atoms with Crippen LogP contribution in [0.2, 0.25) is 0 Å². The topological polar surface area (TPSA) is 9.23 Å². The first-order valence-electron chi connectivity index (χ1n) is 7.19. The van der Waals surface area contributed by atoms with Gasteiger partial charge < -0.3 is 4.74 Å². The molecule has 2 fully saturated rings. The molecule has 2 unspecified atom stereocenters. The Morgan fingerprint density at radius 1 is 1.26 bits per heavy atom. The van der Waals surface area contributed by atoms with Crippen LogP contribution in [0.15, 0.2) is 18.2 Å². The summed E-state index contributed by atoms with van der Waals surface area (Å²) in [6.07, 6.45) is 7.69. The number of ether oxygens (including phenoxy) is 1. The molecule has 2 aliphatic rings. The highest BCUT2D eigenvalue weighted by Gasteiger charge is 2.55. The van der Waals surface area contributed by atoms with Crippen molar-refractivity contribution in [2.45, 2.75) is 56.4 Å². The highest BCUT2D eigenvalue weighted by molar-refractivity contribution is 9.09. The molecule has 3 rings (SSSR count). The van der Waals surface area contributed by atoms with Crippen LogP contribution in [0.25, 0.3) is 0 Å². The Labute approximate surface area is 122 Å². The number of aryl methyl sites for hydroxylation is 1. The number of alkyl halides is 1. The first-order chi connectivity index (χ1) is 9.12. The SMILES string of the molecule is Cc1ccc(OC2CC(Br)C23CCCCC3)cc1F. The van der Waals surface area contributed by atoms with Crippen LogP contribution in [0.4, 0.5) is 4.39 Å². The maximum absolute atomic E-state index is 13.6. The van der Waals surface area contributed by atoms with E-state index < -0.39 is 0 Å². The van der Waals surface area contributed by atoms with E-state index in [0.29, 0.717) is 21.6 Å². The fourth-order valence-electron chi connectivity index (χ4n) is 3.52. The van der Waals surface area contributed by atoms with Gasteiger partial charge in [-0.25, -0.2) is 4.39 Å². The molecular formula is C16H20BrFO. The third-order valence-electron chi connectivity index (χ3n) is 4.89. The summed E-state index contributed by atoms with van der Waals surface area (Å²) in [5.74, 6) is 0.502. The lowest BCUT2D eigenvalue weighted by atomic mass is 9.58. The molecule has 0 bridgehead atoms. The average Bonchev–Trinajstić information content (AvgIpc) is 2.43. The summed E-state index contributed by atoms with van der Waals surface area (Å²) < 4.78 is 19.7. The van der Waals surface area contributed by atoms with E-state index >= 15 is 0 Å². The molecule has 0 aromatic heterocycles. The van der Waals surface area contributed by atoms with E-state index in [1.54, 1.807) is 13.0 Å². The number of rotatable bonds is 2. The molecule has 104 valence electrons. The standard InChI is InChI=1S/C16H20BrFO/c1-11-5-6-12(9-13(11)18)19-15-10-14(17)16(15)7-3-2-4-8-16/h5-6,9,14-15H,2-4,7-8,10H2,1H3. The second-order valence-electron chi connectivity index (χ2n) is 6.01. The quantitative estimate of drug-likeness (QED) is 0.695. The first-order valence-corrected chi connectivity index (χ1v) is 8.10. The van der Waals surface area contributed by atoms with Gasteiger partial charge in [-0.1, -0.05) is 41.3 Å². The Bertz CT molecular complexity index is 468. The minimum atomic E-state index is -0.176. The van der Waals surface area contributed by atoms with Crippen LogP contribution in [0.3, 0.4) is 0 Å². The monoisotopic (exact) mass is 326 g/mol. The van der Waals surface area contributed by atoms with Gasteiger partial charge in [0.1, 0.15) is 17.7 Å². The van der Waals surface area contributed by atoms with E-state index in [4.69, 9.17) is 4.74 Å². The summed E-state index contributed by atoms with van der Waals surface area (Å²) in [5, 5.41) is 0. The molecule has 1 nitrogen and oxygen atoms in total. The highest BCUT2D eigenvalue weighted by Crippen LogP contribution is 2.56. The van der Waals surface area contributed by atoms with Crippen LogP contribution in [-0.2, 0) is 0 Å². The van der Waals surface area contributed by atoms with Crippen LogP contribution in [0.1, 0.15) is 44.1 Å². The van der Waals surface area contributed by atoms with Crippen molar-refractivity contribution in [2.75, 3.05) is 0 Å². The second kappa shape index (κ2) is 5.08. The Hall–Kier alpha value is -0.570. The van der Waals surface area contributed by atoms with Crippen molar-refractivity contribution in [3.63, 3.8) is 0 Å². The lowest BCUT2D eigenvalue weighted by Crippen LogP contribution is -2.57. The van der Waals surface area contributed by atoms with Crippen LogP contribution < -0.4 is 4.74 Å². The third kappa shape index (κ3) is 2.31. The van der Waals surface area contributed by atoms with Crippen LogP contribution in [-0.4, -0.2) is 10.9 Å². The molecule has 0 radical (unpaired) electrons. The molecule has 2 saturated carbocycles. The molecule has 0 amide bonds. The zero-order chi connectivity index (χ0) is 13.5. The van der Waals surface area contributed by atoms with E-state index in [1.807, 2.05) is 6.07 Å². The Morgan fingerprint density at radius 3 is 2.63 bits per heavy atom. The molecular weight excluding hydrogens is 307 g/mol. The molecule has 1 aromatic rings. The maximum Gasteiger partial charge on any atom is 0.129 e. The van der Waals surface area contributed by atoms with E-state index in [-0.39, 0.29) is 11.9 Å². The Morgan fingerprint density at radius 2 is 2.00 bits per heavy atom. The normalized spacial score (nSPS) is 29.0. The van der Waals surface area contributed by atoms with Gasteiger partial charge in [0.25, 0.3) is 0 Å². The second-order valence-corrected chi connectivity index (χ2v) is 7.12. The fraction of sp³-hybridized carbons (Fsp3) is 0.625.